The average molecular weight is 284 g/mol. The van der Waals surface area contributed by atoms with Crippen LogP contribution in [-0.2, 0) is 4.79 Å². The van der Waals surface area contributed by atoms with Gasteiger partial charge in [0.2, 0.25) is 0 Å². The van der Waals surface area contributed by atoms with Gasteiger partial charge in [-0.05, 0) is 25.7 Å². The highest BCUT2D eigenvalue weighted by atomic mass is 16.4. The first-order valence-electron chi connectivity index (χ1n) is 7.55. The molecule has 0 spiro atoms. The topological polar surface area (TPSA) is 89.9 Å². The average Bonchev–Trinajstić information content (AvgIpc) is 2.92. The summed E-state index contributed by atoms with van der Waals surface area (Å²) in [5.74, 6) is -0.990. The summed E-state index contributed by atoms with van der Waals surface area (Å²) >= 11 is 0. The van der Waals surface area contributed by atoms with Crippen LogP contribution in [-0.4, -0.2) is 51.8 Å². The minimum absolute atomic E-state index is 0.0202. The number of aliphatic carboxylic acids is 1. The molecule has 3 N–H and O–H groups in total. The van der Waals surface area contributed by atoms with E-state index in [1.54, 1.807) is 0 Å². The van der Waals surface area contributed by atoms with E-state index in [-0.39, 0.29) is 24.7 Å². The number of aliphatic hydroxyl groups is 1. The third-order valence-electron chi connectivity index (χ3n) is 4.37. The van der Waals surface area contributed by atoms with E-state index in [2.05, 4.69) is 5.32 Å². The second-order valence-corrected chi connectivity index (χ2v) is 5.87. The fourth-order valence-corrected chi connectivity index (χ4v) is 3.25. The van der Waals surface area contributed by atoms with Crippen molar-refractivity contribution in [1.82, 2.24) is 10.2 Å². The molecule has 6 nitrogen and oxygen atoms in total. The standard InChI is InChI=1S/C14H24N2O4/c17-12-8-4-3-7-11(12)15-14(20)16(9-13(18)19)10-5-1-2-6-10/h10-12,17H,1-9H2,(H,15,20)(H,18,19). The molecule has 0 radical (unpaired) electrons. The van der Waals surface area contributed by atoms with E-state index in [9.17, 15) is 14.7 Å². The second-order valence-electron chi connectivity index (χ2n) is 5.87. The number of carbonyl (C=O) groups is 2. The predicted octanol–water partition coefficient (Wildman–Crippen LogP) is 1.33. The van der Waals surface area contributed by atoms with Crippen molar-refractivity contribution < 1.29 is 19.8 Å². The Balaban J connectivity index is 1.96. The number of nitrogens with zero attached hydrogens (tertiary/aromatic N) is 1. The van der Waals surface area contributed by atoms with Crippen LogP contribution in [0.15, 0.2) is 0 Å². The summed E-state index contributed by atoms with van der Waals surface area (Å²) in [6, 6.07) is -0.564. The number of urea groups is 1. The van der Waals surface area contributed by atoms with Gasteiger partial charge in [-0.3, -0.25) is 4.79 Å². The molecule has 2 aliphatic rings. The number of hydrogen-bond acceptors (Lipinski definition) is 3. The maximum atomic E-state index is 12.3. The van der Waals surface area contributed by atoms with Crippen molar-refractivity contribution in [2.45, 2.75) is 69.6 Å². The van der Waals surface area contributed by atoms with Gasteiger partial charge in [-0.25, -0.2) is 4.79 Å². The Morgan fingerprint density at radius 1 is 1.05 bits per heavy atom. The fourth-order valence-electron chi connectivity index (χ4n) is 3.25. The lowest BCUT2D eigenvalue weighted by Crippen LogP contribution is -2.53. The van der Waals surface area contributed by atoms with Gasteiger partial charge < -0.3 is 20.4 Å². The molecule has 0 saturated heterocycles. The van der Waals surface area contributed by atoms with Crippen LogP contribution in [0, 0.1) is 0 Å². The third-order valence-corrected chi connectivity index (χ3v) is 4.37. The van der Waals surface area contributed by atoms with Gasteiger partial charge in [-0.2, -0.15) is 0 Å². The zero-order valence-electron chi connectivity index (χ0n) is 11.8. The molecule has 6 heteroatoms. The molecule has 2 aliphatic carbocycles. The molecular formula is C14H24N2O4. The molecule has 0 heterocycles. The largest absolute Gasteiger partial charge is 0.480 e. The van der Waals surface area contributed by atoms with Crippen LogP contribution in [0.5, 0.6) is 0 Å². The Morgan fingerprint density at radius 2 is 1.65 bits per heavy atom. The van der Waals surface area contributed by atoms with E-state index in [0.29, 0.717) is 6.42 Å². The van der Waals surface area contributed by atoms with Gasteiger partial charge in [0, 0.05) is 6.04 Å². The van der Waals surface area contributed by atoms with E-state index in [1.165, 1.54) is 4.90 Å². The third kappa shape index (κ3) is 3.85. The number of hydrogen-bond donors (Lipinski definition) is 3. The van der Waals surface area contributed by atoms with E-state index < -0.39 is 12.1 Å². The molecule has 2 amide bonds. The van der Waals surface area contributed by atoms with Crippen molar-refractivity contribution in [2.75, 3.05) is 6.54 Å². The van der Waals surface area contributed by atoms with Crippen molar-refractivity contribution in [2.24, 2.45) is 0 Å². The monoisotopic (exact) mass is 284 g/mol. The molecule has 114 valence electrons. The Morgan fingerprint density at radius 3 is 2.25 bits per heavy atom. The van der Waals surface area contributed by atoms with Gasteiger partial charge in [-0.15, -0.1) is 0 Å². The number of nitrogens with one attached hydrogen (secondary N) is 1. The van der Waals surface area contributed by atoms with Crippen LogP contribution in [0.1, 0.15) is 51.4 Å². The SMILES string of the molecule is O=C(O)CN(C(=O)NC1CCCCC1O)C1CCCC1. The normalized spacial score (nSPS) is 27.2. The molecule has 2 atom stereocenters. The van der Waals surface area contributed by atoms with E-state index in [0.717, 1.165) is 44.9 Å². The van der Waals surface area contributed by atoms with Crippen LogP contribution >= 0.6 is 0 Å². The molecule has 0 aromatic carbocycles. The molecule has 2 unspecified atom stereocenters. The predicted molar refractivity (Wildman–Crippen MR) is 73.4 cm³/mol. The highest BCUT2D eigenvalue weighted by molar-refractivity contribution is 5.80. The highest BCUT2D eigenvalue weighted by Crippen LogP contribution is 2.24. The number of aliphatic hydroxyl groups excluding tert-OH is 1. The maximum Gasteiger partial charge on any atom is 0.323 e. The minimum Gasteiger partial charge on any atom is -0.480 e. The van der Waals surface area contributed by atoms with Crippen molar-refractivity contribution in [3.63, 3.8) is 0 Å². The Kier molecular flexibility index (Phi) is 5.23. The molecule has 0 aromatic heterocycles. The number of carboxylic acids is 1. The van der Waals surface area contributed by atoms with Gasteiger partial charge in [0.15, 0.2) is 0 Å². The number of rotatable bonds is 4. The number of carbonyl (C=O) groups excluding carboxylic acids is 1. The lowest BCUT2D eigenvalue weighted by atomic mass is 9.93. The van der Waals surface area contributed by atoms with Crippen LogP contribution in [0.25, 0.3) is 0 Å². The van der Waals surface area contributed by atoms with Crippen LogP contribution < -0.4 is 5.32 Å². The Bertz CT molecular complexity index is 355. The molecular weight excluding hydrogens is 260 g/mol. The first kappa shape index (κ1) is 15.1. The fraction of sp³-hybridized carbons (Fsp3) is 0.857. The Labute approximate surface area is 119 Å². The summed E-state index contributed by atoms with van der Waals surface area (Å²) in [6.45, 7) is -0.265. The summed E-state index contributed by atoms with van der Waals surface area (Å²) < 4.78 is 0. The molecule has 20 heavy (non-hydrogen) atoms. The van der Waals surface area contributed by atoms with Crippen molar-refractivity contribution in [3.05, 3.63) is 0 Å². The summed E-state index contributed by atoms with van der Waals surface area (Å²) in [6.07, 6.45) is 6.75. The van der Waals surface area contributed by atoms with Crippen molar-refractivity contribution >= 4 is 12.0 Å². The highest BCUT2D eigenvalue weighted by Gasteiger charge is 2.31. The van der Waals surface area contributed by atoms with Gasteiger partial charge in [0.1, 0.15) is 6.54 Å². The summed E-state index contributed by atoms with van der Waals surface area (Å²) in [4.78, 5) is 24.7. The first-order chi connectivity index (χ1) is 9.58. The zero-order chi connectivity index (χ0) is 14.5. The van der Waals surface area contributed by atoms with Crippen molar-refractivity contribution in [3.8, 4) is 0 Å². The van der Waals surface area contributed by atoms with Crippen molar-refractivity contribution in [1.29, 1.82) is 0 Å². The lowest BCUT2D eigenvalue weighted by Gasteiger charge is -2.33. The van der Waals surface area contributed by atoms with Crippen LogP contribution in [0.4, 0.5) is 4.79 Å². The molecule has 0 aliphatic heterocycles. The van der Waals surface area contributed by atoms with Gasteiger partial charge in [-0.1, -0.05) is 25.7 Å². The number of carboxylic acid groups (broad SMARTS) is 1. The maximum absolute atomic E-state index is 12.3. The summed E-state index contributed by atoms with van der Waals surface area (Å²) in [7, 11) is 0. The quantitative estimate of drug-likeness (QED) is 0.726. The van der Waals surface area contributed by atoms with E-state index in [4.69, 9.17) is 5.11 Å². The Hall–Kier alpha value is -1.30. The van der Waals surface area contributed by atoms with Gasteiger partial charge in [0.25, 0.3) is 0 Å². The van der Waals surface area contributed by atoms with E-state index >= 15 is 0 Å². The van der Waals surface area contributed by atoms with E-state index in [1.807, 2.05) is 0 Å². The number of amides is 2. The van der Waals surface area contributed by atoms with Gasteiger partial charge in [0.05, 0.1) is 12.1 Å². The zero-order valence-corrected chi connectivity index (χ0v) is 11.8. The molecule has 2 saturated carbocycles. The first-order valence-corrected chi connectivity index (χ1v) is 7.55. The molecule has 0 aromatic rings. The lowest BCUT2D eigenvalue weighted by molar-refractivity contribution is -0.138. The minimum atomic E-state index is -0.990. The summed E-state index contributed by atoms with van der Waals surface area (Å²) in [5, 5.41) is 21.7. The summed E-state index contributed by atoms with van der Waals surface area (Å²) in [5.41, 5.74) is 0. The van der Waals surface area contributed by atoms with Crippen LogP contribution in [0.2, 0.25) is 0 Å². The molecule has 2 rings (SSSR count). The second kappa shape index (κ2) is 6.92. The molecule has 0 bridgehead atoms. The molecule has 2 fully saturated rings. The smallest absolute Gasteiger partial charge is 0.323 e. The van der Waals surface area contributed by atoms with Gasteiger partial charge >= 0.3 is 12.0 Å². The van der Waals surface area contributed by atoms with Crippen LogP contribution in [0.3, 0.4) is 0 Å².